The van der Waals surface area contributed by atoms with Crippen molar-refractivity contribution in [2.24, 2.45) is 0 Å². The molecule has 0 N–H and O–H groups in total. The fraction of sp³-hybridized carbons (Fsp3) is 0.667. The van der Waals surface area contributed by atoms with Gasteiger partial charge in [0.25, 0.3) is 5.91 Å². The Bertz CT molecular complexity index is 727. The molecule has 2 rings (SSSR count). The number of hydrogen-bond acceptors (Lipinski definition) is 9. The van der Waals surface area contributed by atoms with E-state index in [1.54, 1.807) is 6.92 Å². The Kier molecular flexibility index (Phi) is 6.37. The molecule has 0 unspecified atom stereocenters. The largest absolute Gasteiger partial charge is 0.464 e. The topological polar surface area (TPSA) is 126 Å². The fourth-order valence-electron chi connectivity index (χ4n) is 2.76. The number of fused-ring (bicyclic) bond motifs is 1. The number of carbonyl (C=O) groups excluding carboxylic acids is 3. The summed E-state index contributed by atoms with van der Waals surface area (Å²) in [6.07, 6.45) is -1.21. The van der Waals surface area contributed by atoms with Gasteiger partial charge >= 0.3 is 11.9 Å². The molecule has 0 aliphatic carbocycles. The maximum Gasteiger partial charge on any atom is 0.354 e. The molecule has 0 aromatic rings. The molecule has 0 aromatic carbocycles. The summed E-state index contributed by atoms with van der Waals surface area (Å²) in [6, 6.07) is 0. The van der Waals surface area contributed by atoms with E-state index in [1.807, 2.05) is 0 Å². The molecule has 1 fully saturated rings. The molecule has 26 heavy (non-hydrogen) atoms. The van der Waals surface area contributed by atoms with Gasteiger partial charge in [0, 0.05) is 19.1 Å². The molecule has 0 radical (unpaired) electrons. The van der Waals surface area contributed by atoms with Crippen molar-refractivity contribution in [3.63, 3.8) is 0 Å². The molecule has 10 nitrogen and oxygen atoms in total. The maximum absolute atomic E-state index is 12.6. The summed E-state index contributed by atoms with van der Waals surface area (Å²) in [7, 11) is -2.73. The summed E-state index contributed by atoms with van der Waals surface area (Å²) >= 11 is 0. The first-order valence-electron chi connectivity index (χ1n) is 7.92. The van der Waals surface area contributed by atoms with Crippen molar-refractivity contribution in [1.82, 2.24) is 4.90 Å². The molecular weight excluding hydrogens is 370 g/mol. The number of nitrogens with zero attached hydrogens (tertiary/aromatic N) is 1. The van der Waals surface area contributed by atoms with Crippen LogP contribution in [0.3, 0.4) is 0 Å². The number of β-lactam (4-membered cyclic amide) rings is 1. The molecular formula is C15H21NO9S. The molecule has 2 aliphatic rings. The number of amides is 1. The van der Waals surface area contributed by atoms with E-state index in [0.29, 0.717) is 6.61 Å². The Morgan fingerprint density at radius 3 is 2.54 bits per heavy atom. The van der Waals surface area contributed by atoms with Gasteiger partial charge in [-0.1, -0.05) is 0 Å². The second-order valence-corrected chi connectivity index (χ2v) is 7.72. The first-order chi connectivity index (χ1) is 12.2. The second kappa shape index (κ2) is 8.14. The van der Waals surface area contributed by atoms with Gasteiger partial charge in [0.2, 0.25) is 0 Å². The highest BCUT2D eigenvalue weighted by Crippen LogP contribution is 2.38. The van der Waals surface area contributed by atoms with E-state index >= 15 is 0 Å². The van der Waals surface area contributed by atoms with Crippen LogP contribution in [0.2, 0.25) is 0 Å². The predicted octanol–water partition coefficient (Wildman–Crippen LogP) is -1.00. The lowest BCUT2D eigenvalue weighted by Crippen LogP contribution is -2.71. The number of methoxy groups -OCH3 is 1. The van der Waals surface area contributed by atoms with Gasteiger partial charge in [-0.3, -0.25) is 14.5 Å². The Hall–Kier alpha value is -1.98. The molecule has 0 aromatic heterocycles. The standard InChI is InChI=1S/C15H21NO9S/c1-4-23-5-6-24-12-13(18)16-11(15(19)22-3)10(7-25-9(2)17)8-26(20,21)14(12)16/h12,14H,4-8H2,1-3H3/t12-,14+/m0/s1. The van der Waals surface area contributed by atoms with Crippen molar-refractivity contribution < 1.29 is 41.7 Å². The van der Waals surface area contributed by atoms with Crippen LogP contribution in [0.15, 0.2) is 11.3 Å². The number of carbonyl (C=O) groups is 3. The van der Waals surface area contributed by atoms with Crippen molar-refractivity contribution >= 4 is 27.7 Å². The number of esters is 2. The smallest absolute Gasteiger partial charge is 0.354 e. The van der Waals surface area contributed by atoms with E-state index in [1.165, 1.54) is 0 Å². The number of hydrogen-bond donors (Lipinski definition) is 0. The van der Waals surface area contributed by atoms with E-state index in [4.69, 9.17) is 14.2 Å². The fourth-order valence-corrected chi connectivity index (χ4v) is 4.74. The minimum Gasteiger partial charge on any atom is -0.464 e. The van der Waals surface area contributed by atoms with Crippen molar-refractivity contribution in [3.05, 3.63) is 11.3 Å². The van der Waals surface area contributed by atoms with Crippen LogP contribution in [0.25, 0.3) is 0 Å². The molecule has 11 heteroatoms. The first kappa shape index (κ1) is 20.3. The maximum atomic E-state index is 12.6. The molecule has 146 valence electrons. The SMILES string of the molecule is CCOCCO[C@H]1C(=O)N2C(C(=O)OC)=C(COC(C)=O)CS(=O)(=O)[C@H]12. The van der Waals surface area contributed by atoms with Crippen molar-refractivity contribution in [2.75, 3.05) is 39.3 Å². The van der Waals surface area contributed by atoms with Gasteiger partial charge in [0.05, 0.1) is 26.1 Å². The van der Waals surface area contributed by atoms with Gasteiger partial charge in [-0.2, -0.15) is 0 Å². The van der Waals surface area contributed by atoms with Crippen LogP contribution in [0.1, 0.15) is 13.8 Å². The van der Waals surface area contributed by atoms with Crippen molar-refractivity contribution in [3.8, 4) is 0 Å². The van der Waals surface area contributed by atoms with Crippen molar-refractivity contribution in [1.29, 1.82) is 0 Å². The summed E-state index contributed by atoms with van der Waals surface area (Å²) in [4.78, 5) is 36.4. The molecule has 2 aliphatic heterocycles. The Morgan fingerprint density at radius 1 is 1.27 bits per heavy atom. The number of ether oxygens (including phenoxy) is 4. The van der Waals surface area contributed by atoms with Crippen LogP contribution < -0.4 is 0 Å². The monoisotopic (exact) mass is 391 g/mol. The van der Waals surface area contributed by atoms with Crippen LogP contribution >= 0.6 is 0 Å². The molecule has 1 saturated heterocycles. The third-order valence-electron chi connectivity index (χ3n) is 3.87. The van der Waals surface area contributed by atoms with E-state index in [9.17, 15) is 22.8 Å². The van der Waals surface area contributed by atoms with Crippen LogP contribution in [0.4, 0.5) is 0 Å². The lowest BCUT2D eigenvalue weighted by molar-refractivity contribution is -0.167. The van der Waals surface area contributed by atoms with Crippen LogP contribution in [-0.4, -0.2) is 81.9 Å². The van der Waals surface area contributed by atoms with Gasteiger partial charge < -0.3 is 18.9 Å². The predicted molar refractivity (Wildman–Crippen MR) is 86.3 cm³/mol. The van der Waals surface area contributed by atoms with Gasteiger partial charge in [-0.05, 0) is 6.92 Å². The Labute approximate surface area is 150 Å². The van der Waals surface area contributed by atoms with E-state index < -0.39 is 51.5 Å². The Balaban J connectivity index is 2.29. The van der Waals surface area contributed by atoms with Crippen LogP contribution in [-0.2, 0) is 43.2 Å². The summed E-state index contributed by atoms with van der Waals surface area (Å²) in [5.74, 6) is -2.73. The van der Waals surface area contributed by atoms with Gasteiger partial charge in [0.1, 0.15) is 12.3 Å². The summed E-state index contributed by atoms with van der Waals surface area (Å²) in [6.45, 7) is 3.23. The zero-order valence-corrected chi connectivity index (χ0v) is 15.5. The molecule has 0 spiro atoms. The van der Waals surface area contributed by atoms with Gasteiger partial charge in [-0.15, -0.1) is 0 Å². The highest BCUT2D eigenvalue weighted by atomic mass is 32.2. The highest BCUT2D eigenvalue weighted by molar-refractivity contribution is 7.92. The summed E-state index contributed by atoms with van der Waals surface area (Å²) < 4.78 is 45.0. The normalized spacial score (nSPS) is 24.0. The molecule has 0 saturated carbocycles. The van der Waals surface area contributed by atoms with E-state index in [2.05, 4.69) is 4.74 Å². The zero-order chi connectivity index (χ0) is 19.5. The van der Waals surface area contributed by atoms with Crippen LogP contribution in [0, 0.1) is 0 Å². The minimum absolute atomic E-state index is 0.00980. The summed E-state index contributed by atoms with van der Waals surface area (Å²) in [5.41, 5.74) is -0.229. The van der Waals surface area contributed by atoms with Crippen molar-refractivity contribution in [2.45, 2.75) is 25.3 Å². The minimum atomic E-state index is -3.84. The average Bonchev–Trinajstić information content (AvgIpc) is 2.58. The highest BCUT2D eigenvalue weighted by Gasteiger charge is 2.61. The number of rotatable bonds is 8. The van der Waals surface area contributed by atoms with Crippen LogP contribution in [0.5, 0.6) is 0 Å². The summed E-state index contributed by atoms with van der Waals surface area (Å²) in [5, 5.41) is -1.31. The molecule has 1 amide bonds. The molecule has 0 bridgehead atoms. The zero-order valence-electron chi connectivity index (χ0n) is 14.7. The number of sulfone groups is 1. The third-order valence-corrected chi connectivity index (χ3v) is 5.82. The lowest BCUT2D eigenvalue weighted by atomic mass is 10.1. The second-order valence-electron chi connectivity index (χ2n) is 5.62. The van der Waals surface area contributed by atoms with E-state index in [-0.39, 0.29) is 24.5 Å². The quantitative estimate of drug-likeness (QED) is 0.291. The first-order valence-corrected chi connectivity index (χ1v) is 9.63. The average molecular weight is 391 g/mol. The Morgan fingerprint density at radius 2 is 1.96 bits per heavy atom. The van der Waals surface area contributed by atoms with Gasteiger partial charge in [0.15, 0.2) is 21.3 Å². The molecule has 2 heterocycles. The molecule has 2 atom stereocenters. The van der Waals surface area contributed by atoms with E-state index in [0.717, 1.165) is 18.9 Å². The lowest BCUT2D eigenvalue weighted by Gasteiger charge is -2.48. The third kappa shape index (κ3) is 3.89. The van der Waals surface area contributed by atoms with Gasteiger partial charge in [-0.25, -0.2) is 13.2 Å².